The molecule has 1 amide bonds. The minimum Gasteiger partial charge on any atom is -0.379 e. The molecule has 0 aliphatic carbocycles. The van der Waals surface area contributed by atoms with Crippen molar-refractivity contribution in [2.45, 2.75) is 24.2 Å². The Hall–Kier alpha value is -2.22. The van der Waals surface area contributed by atoms with Crippen LogP contribution in [-0.2, 0) is 19.6 Å². The summed E-state index contributed by atoms with van der Waals surface area (Å²) >= 11 is 0. The Labute approximate surface area is 160 Å². The molecule has 1 atom stereocenters. The summed E-state index contributed by atoms with van der Waals surface area (Å²) < 4.78 is 32.4. The minimum absolute atomic E-state index is 0.0459. The van der Waals surface area contributed by atoms with Crippen LogP contribution in [-0.4, -0.2) is 44.9 Å². The summed E-state index contributed by atoms with van der Waals surface area (Å²) in [6.45, 7) is 3.54. The van der Waals surface area contributed by atoms with Crippen LogP contribution in [0.2, 0.25) is 0 Å². The molecular formula is C20H24N2O4S. The molecule has 0 aromatic heterocycles. The molecule has 1 aliphatic heterocycles. The van der Waals surface area contributed by atoms with Gasteiger partial charge in [0.05, 0.1) is 18.1 Å². The number of hydrogen-bond donors (Lipinski definition) is 1. The third-order valence-corrected chi connectivity index (χ3v) is 6.66. The van der Waals surface area contributed by atoms with Gasteiger partial charge in [-0.1, -0.05) is 43.3 Å². The lowest BCUT2D eigenvalue weighted by molar-refractivity contribution is -0.118. The van der Waals surface area contributed by atoms with Crippen molar-refractivity contribution in [3.8, 4) is 11.1 Å². The van der Waals surface area contributed by atoms with Crippen LogP contribution in [0.4, 0.5) is 0 Å². The predicted molar refractivity (Wildman–Crippen MR) is 104 cm³/mol. The molecule has 2 aromatic carbocycles. The van der Waals surface area contributed by atoms with Crippen molar-refractivity contribution in [1.82, 2.24) is 4.31 Å². The third kappa shape index (κ3) is 4.55. The molecule has 2 aromatic rings. The molecular weight excluding hydrogens is 364 g/mol. The zero-order valence-electron chi connectivity index (χ0n) is 15.3. The van der Waals surface area contributed by atoms with E-state index < -0.39 is 10.0 Å². The molecule has 1 fully saturated rings. The summed E-state index contributed by atoms with van der Waals surface area (Å²) in [6, 6.07) is 14.7. The summed E-state index contributed by atoms with van der Waals surface area (Å²) in [5.41, 5.74) is 8.04. The number of nitrogens with two attached hydrogens (primary N) is 1. The van der Waals surface area contributed by atoms with E-state index in [1.54, 1.807) is 18.2 Å². The van der Waals surface area contributed by atoms with Crippen LogP contribution in [0.5, 0.6) is 0 Å². The second-order valence-electron chi connectivity index (χ2n) is 6.74. The molecule has 0 spiro atoms. The van der Waals surface area contributed by atoms with E-state index >= 15 is 0 Å². The fourth-order valence-corrected chi connectivity index (χ4v) is 4.65. The smallest absolute Gasteiger partial charge is 0.243 e. The molecule has 1 heterocycles. The van der Waals surface area contributed by atoms with Crippen molar-refractivity contribution in [3.05, 3.63) is 54.1 Å². The van der Waals surface area contributed by atoms with E-state index in [0.717, 1.165) is 16.7 Å². The molecule has 144 valence electrons. The van der Waals surface area contributed by atoms with Gasteiger partial charge in [0.25, 0.3) is 0 Å². The summed E-state index contributed by atoms with van der Waals surface area (Å²) in [5.74, 6) is -0.280. The van der Waals surface area contributed by atoms with Gasteiger partial charge in [0.15, 0.2) is 0 Å². The number of hydrogen-bond acceptors (Lipinski definition) is 4. The number of nitrogens with zero attached hydrogens (tertiary/aromatic N) is 1. The van der Waals surface area contributed by atoms with Gasteiger partial charge in [-0.25, -0.2) is 8.42 Å². The maximum atomic E-state index is 12.8. The molecule has 27 heavy (non-hydrogen) atoms. The highest BCUT2D eigenvalue weighted by molar-refractivity contribution is 7.89. The van der Waals surface area contributed by atoms with Crippen molar-refractivity contribution >= 4 is 15.9 Å². The van der Waals surface area contributed by atoms with Crippen molar-refractivity contribution in [3.63, 3.8) is 0 Å². The Morgan fingerprint density at radius 2 is 1.78 bits per heavy atom. The van der Waals surface area contributed by atoms with E-state index in [-0.39, 0.29) is 16.7 Å². The highest BCUT2D eigenvalue weighted by Crippen LogP contribution is 2.27. The Bertz CT molecular complexity index is 904. The quantitative estimate of drug-likeness (QED) is 0.823. The molecule has 1 saturated heterocycles. The fraction of sp³-hybridized carbons (Fsp3) is 0.350. The van der Waals surface area contributed by atoms with Crippen LogP contribution in [0.3, 0.4) is 0 Å². The number of rotatable bonds is 6. The van der Waals surface area contributed by atoms with Crippen LogP contribution in [0.15, 0.2) is 53.4 Å². The van der Waals surface area contributed by atoms with Crippen LogP contribution in [0.25, 0.3) is 11.1 Å². The van der Waals surface area contributed by atoms with Gasteiger partial charge in [0, 0.05) is 19.5 Å². The van der Waals surface area contributed by atoms with E-state index in [1.165, 1.54) is 4.31 Å². The second kappa shape index (κ2) is 8.21. The molecule has 0 saturated carbocycles. The molecule has 1 unspecified atom stereocenters. The standard InChI is InChI=1S/C20H24N2O4S/c1-15(13-20(21)23)16-5-7-17(8-6-16)18-3-2-4-19(14-18)27(24,25)22-9-11-26-12-10-22/h2-8,14-15H,9-13H2,1H3,(H2,21,23). The van der Waals surface area contributed by atoms with Gasteiger partial charge in [0.2, 0.25) is 15.9 Å². The Balaban J connectivity index is 1.84. The Morgan fingerprint density at radius 3 is 2.41 bits per heavy atom. The average Bonchev–Trinajstić information content (AvgIpc) is 2.68. The third-order valence-electron chi connectivity index (χ3n) is 4.76. The number of ether oxygens (including phenoxy) is 1. The monoisotopic (exact) mass is 388 g/mol. The first kappa shape index (κ1) is 19.5. The largest absolute Gasteiger partial charge is 0.379 e. The predicted octanol–water partition coefficient (Wildman–Crippen LogP) is 2.35. The maximum Gasteiger partial charge on any atom is 0.243 e. The Kier molecular flexibility index (Phi) is 5.94. The zero-order valence-corrected chi connectivity index (χ0v) is 16.1. The first-order chi connectivity index (χ1) is 12.9. The van der Waals surface area contributed by atoms with Gasteiger partial charge in [-0.15, -0.1) is 0 Å². The van der Waals surface area contributed by atoms with Crippen molar-refractivity contribution < 1.29 is 17.9 Å². The van der Waals surface area contributed by atoms with Gasteiger partial charge in [-0.3, -0.25) is 4.79 Å². The molecule has 2 N–H and O–H groups in total. The SMILES string of the molecule is CC(CC(N)=O)c1ccc(-c2cccc(S(=O)(=O)N3CCOCC3)c2)cc1. The van der Waals surface area contributed by atoms with E-state index in [2.05, 4.69) is 0 Å². The summed E-state index contributed by atoms with van der Waals surface area (Å²) in [4.78, 5) is 11.4. The molecule has 7 heteroatoms. The second-order valence-corrected chi connectivity index (χ2v) is 8.68. The van der Waals surface area contributed by atoms with Gasteiger partial charge in [0.1, 0.15) is 0 Å². The zero-order chi connectivity index (χ0) is 19.4. The molecule has 6 nitrogen and oxygen atoms in total. The number of morpholine rings is 1. The lowest BCUT2D eigenvalue weighted by Gasteiger charge is -2.26. The van der Waals surface area contributed by atoms with Crippen LogP contribution in [0, 0.1) is 0 Å². The van der Waals surface area contributed by atoms with Crippen molar-refractivity contribution in [2.75, 3.05) is 26.3 Å². The highest BCUT2D eigenvalue weighted by atomic mass is 32.2. The van der Waals surface area contributed by atoms with E-state index in [4.69, 9.17) is 10.5 Å². The molecule has 0 radical (unpaired) electrons. The minimum atomic E-state index is -3.53. The topological polar surface area (TPSA) is 89.7 Å². The van der Waals surface area contributed by atoms with Crippen molar-refractivity contribution in [2.24, 2.45) is 5.73 Å². The molecule has 0 bridgehead atoms. The number of benzene rings is 2. The summed E-state index contributed by atoms with van der Waals surface area (Å²) in [7, 11) is -3.53. The van der Waals surface area contributed by atoms with E-state index in [9.17, 15) is 13.2 Å². The number of sulfonamides is 1. The lowest BCUT2D eigenvalue weighted by Crippen LogP contribution is -2.40. The van der Waals surface area contributed by atoms with Crippen LogP contribution < -0.4 is 5.73 Å². The number of primary amides is 1. The van der Waals surface area contributed by atoms with Gasteiger partial charge in [-0.2, -0.15) is 4.31 Å². The number of carbonyl (C=O) groups excluding carboxylic acids is 1. The normalized spacial score (nSPS) is 16.8. The molecule has 1 aliphatic rings. The van der Waals surface area contributed by atoms with E-state index in [1.807, 2.05) is 37.3 Å². The number of amides is 1. The first-order valence-electron chi connectivity index (χ1n) is 8.94. The lowest BCUT2D eigenvalue weighted by atomic mass is 9.95. The van der Waals surface area contributed by atoms with Gasteiger partial charge >= 0.3 is 0 Å². The average molecular weight is 388 g/mol. The first-order valence-corrected chi connectivity index (χ1v) is 10.4. The van der Waals surface area contributed by atoms with Gasteiger partial charge in [-0.05, 0) is 34.7 Å². The van der Waals surface area contributed by atoms with E-state index in [0.29, 0.717) is 32.7 Å². The summed E-state index contributed by atoms with van der Waals surface area (Å²) in [6.07, 6.45) is 0.298. The maximum absolute atomic E-state index is 12.8. The number of carbonyl (C=O) groups is 1. The molecule has 3 rings (SSSR count). The van der Waals surface area contributed by atoms with Gasteiger partial charge < -0.3 is 10.5 Å². The van der Waals surface area contributed by atoms with Crippen LogP contribution >= 0.6 is 0 Å². The summed E-state index contributed by atoms with van der Waals surface area (Å²) in [5, 5.41) is 0. The van der Waals surface area contributed by atoms with Crippen LogP contribution in [0.1, 0.15) is 24.8 Å². The highest BCUT2D eigenvalue weighted by Gasteiger charge is 2.26. The van der Waals surface area contributed by atoms with Crippen molar-refractivity contribution in [1.29, 1.82) is 0 Å². The Morgan fingerprint density at radius 1 is 1.11 bits per heavy atom. The fourth-order valence-electron chi connectivity index (χ4n) is 3.20.